The third-order valence-corrected chi connectivity index (χ3v) is 1.57. The Morgan fingerprint density at radius 1 is 1.47 bits per heavy atom. The topological polar surface area (TPSA) is 75.6 Å². The Bertz CT molecular complexity index is 237. The van der Waals surface area contributed by atoms with Crippen LogP contribution in [0.2, 0.25) is 0 Å². The van der Waals surface area contributed by atoms with Crippen molar-refractivity contribution in [2.75, 3.05) is 12.5 Å². The zero-order valence-electron chi connectivity index (χ0n) is 9.04. The number of rotatable bonds is 4. The third-order valence-electron chi connectivity index (χ3n) is 1.33. The molecule has 6 heteroatoms. The van der Waals surface area contributed by atoms with Crippen LogP contribution in [0.1, 0.15) is 20.8 Å². The standard InChI is InChI=1S/C9H16ClNO4/c1-9(2,3)15-8(14)6(5-12)11-7(13)4-10/h6,12H,4-5H2,1-3H3,(H,11,13). The number of carbonyl (C=O) groups excluding carboxylic acids is 2. The van der Waals surface area contributed by atoms with Gasteiger partial charge in [-0.25, -0.2) is 4.79 Å². The van der Waals surface area contributed by atoms with Crippen LogP contribution in [-0.2, 0) is 14.3 Å². The number of hydrogen-bond acceptors (Lipinski definition) is 4. The minimum absolute atomic E-state index is 0.265. The molecule has 1 unspecified atom stereocenters. The Morgan fingerprint density at radius 2 is 2.00 bits per heavy atom. The fourth-order valence-electron chi connectivity index (χ4n) is 0.785. The Balaban J connectivity index is 4.29. The van der Waals surface area contributed by atoms with E-state index in [1.807, 2.05) is 0 Å². The molecule has 0 heterocycles. The van der Waals surface area contributed by atoms with Crippen LogP contribution in [0.3, 0.4) is 0 Å². The largest absolute Gasteiger partial charge is 0.458 e. The molecule has 1 atom stereocenters. The van der Waals surface area contributed by atoms with Crippen LogP contribution in [0.5, 0.6) is 0 Å². The first-order valence-electron chi connectivity index (χ1n) is 4.49. The molecule has 15 heavy (non-hydrogen) atoms. The fourth-order valence-corrected chi connectivity index (χ4v) is 0.862. The maximum absolute atomic E-state index is 11.4. The van der Waals surface area contributed by atoms with Gasteiger partial charge >= 0.3 is 5.97 Å². The average molecular weight is 238 g/mol. The minimum Gasteiger partial charge on any atom is -0.458 e. The van der Waals surface area contributed by atoms with Gasteiger partial charge in [0.1, 0.15) is 11.5 Å². The van der Waals surface area contributed by atoms with Gasteiger partial charge in [0.05, 0.1) is 6.61 Å². The van der Waals surface area contributed by atoms with Gasteiger partial charge in [-0.1, -0.05) is 0 Å². The molecule has 0 aromatic carbocycles. The molecule has 0 rings (SSSR count). The molecule has 2 N–H and O–H groups in total. The molecule has 0 radical (unpaired) electrons. The van der Waals surface area contributed by atoms with Gasteiger partial charge < -0.3 is 15.2 Å². The van der Waals surface area contributed by atoms with E-state index in [9.17, 15) is 9.59 Å². The van der Waals surface area contributed by atoms with E-state index in [0.29, 0.717) is 0 Å². The quantitative estimate of drug-likeness (QED) is 0.535. The Labute approximate surface area is 93.7 Å². The highest BCUT2D eigenvalue weighted by molar-refractivity contribution is 6.27. The number of ether oxygens (including phenoxy) is 1. The number of alkyl halides is 1. The third kappa shape index (κ3) is 6.30. The molecule has 0 aromatic heterocycles. The lowest BCUT2D eigenvalue weighted by Gasteiger charge is -2.23. The van der Waals surface area contributed by atoms with Crippen molar-refractivity contribution in [3.63, 3.8) is 0 Å². The first-order chi connectivity index (χ1) is 6.80. The number of hydrogen-bond donors (Lipinski definition) is 2. The monoisotopic (exact) mass is 237 g/mol. The molecule has 0 aliphatic rings. The Hall–Kier alpha value is -0.810. The molecule has 5 nitrogen and oxygen atoms in total. The average Bonchev–Trinajstić information content (AvgIpc) is 2.10. The SMILES string of the molecule is CC(C)(C)OC(=O)C(CO)NC(=O)CCl. The van der Waals surface area contributed by atoms with E-state index >= 15 is 0 Å². The lowest BCUT2D eigenvalue weighted by molar-refractivity contribution is -0.159. The van der Waals surface area contributed by atoms with Gasteiger partial charge in [0.2, 0.25) is 5.91 Å². The summed E-state index contributed by atoms with van der Waals surface area (Å²) in [6.45, 7) is 4.58. The van der Waals surface area contributed by atoms with Crippen LogP contribution in [0.4, 0.5) is 0 Å². The lowest BCUT2D eigenvalue weighted by Crippen LogP contribution is -2.46. The van der Waals surface area contributed by atoms with Crippen molar-refractivity contribution in [2.45, 2.75) is 32.4 Å². The van der Waals surface area contributed by atoms with E-state index in [4.69, 9.17) is 21.4 Å². The molecule has 0 aromatic rings. The highest BCUT2D eigenvalue weighted by Crippen LogP contribution is 2.08. The van der Waals surface area contributed by atoms with E-state index in [1.54, 1.807) is 20.8 Å². The van der Waals surface area contributed by atoms with E-state index < -0.39 is 30.1 Å². The van der Waals surface area contributed by atoms with Gasteiger partial charge in [0, 0.05) is 0 Å². The number of aliphatic hydroxyl groups excluding tert-OH is 1. The van der Waals surface area contributed by atoms with Crippen molar-refractivity contribution in [3.8, 4) is 0 Å². The van der Waals surface area contributed by atoms with Crippen LogP contribution in [0, 0.1) is 0 Å². The van der Waals surface area contributed by atoms with Gasteiger partial charge in [-0.2, -0.15) is 0 Å². The number of esters is 1. The second kappa shape index (κ2) is 5.92. The zero-order chi connectivity index (χ0) is 12.1. The smallest absolute Gasteiger partial charge is 0.331 e. The van der Waals surface area contributed by atoms with Crippen molar-refractivity contribution >= 4 is 23.5 Å². The van der Waals surface area contributed by atoms with Gasteiger partial charge in [-0.3, -0.25) is 4.79 Å². The van der Waals surface area contributed by atoms with E-state index in [2.05, 4.69) is 5.32 Å². The number of halogens is 1. The minimum atomic E-state index is -1.06. The highest BCUT2D eigenvalue weighted by atomic mass is 35.5. The number of aliphatic hydroxyl groups is 1. The second-order valence-corrected chi connectivity index (χ2v) is 4.24. The van der Waals surface area contributed by atoms with Gasteiger partial charge in [0.25, 0.3) is 0 Å². The number of carbonyl (C=O) groups is 2. The summed E-state index contributed by atoms with van der Waals surface area (Å²) in [5.41, 5.74) is -0.657. The summed E-state index contributed by atoms with van der Waals surface area (Å²) >= 11 is 5.25. The Kier molecular flexibility index (Phi) is 5.60. The predicted molar refractivity (Wildman–Crippen MR) is 55.6 cm³/mol. The first kappa shape index (κ1) is 14.2. The number of amides is 1. The van der Waals surface area contributed by atoms with Crippen LogP contribution in [0.25, 0.3) is 0 Å². The van der Waals surface area contributed by atoms with Crippen molar-refractivity contribution < 1.29 is 19.4 Å². The van der Waals surface area contributed by atoms with Crippen molar-refractivity contribution in [1.29, 1.82) is 0 Å². The van der Waals surface area contributed by atoms with Crippen LogP contribution < -0.4 is 5.32 Å². The molecule has 1 amide bonds. The lowest BCUT2D eigenvalue weighted by atomic mass is 10.2. The van der Waals surface area contributed by atoms with Crippen LogP contribution in [-0.4, -0.2) is 41.1 Å². The normalized spacial score (nSPS) is 13.1. The summed E-state index contributed by atoms with van der Waals surface area (Å²) in [6.07, 6.45) is 0. The number of nitrogens with one attached hydrogen (secondary N) is 1. The summed E-state index contributed by atoms with van der Waals surface area (Å²) in [4.78, 5) is 22.3. The molecular formula is C9H16ClNO4. The molecule has 0 spiro atoms. The fraction of sp³-hybridized carbons (Fsp3) is 0.778. The second-order valence-electron chi connectivity index (χ2n) is 3.97. The predicted octanol–water partition coefficient (Wildman–Crippen LogP) is 0.0440. The maximum atomic E-state index is 11.4. The summed E-state index contributed by atoms with van der Waals surface area (Å²) in [7, 11) is 0. The zero-order valence-corrected chi connectivity index (χ0v) is 9.80. The first-order valence-corrected chi connectivity index (χ1v) is 5.02. The van der Waals surface area contributed by atoms with Gasteiger partial charge in [-0.15, -0.1) is 11.6 Å². The summed E-state index contributed by atoms with van der Waals surface area (Å²) in [5, 5.41) is 11.1. The van der Waals surface area contributed by atoms with Gasteiger partial charge in [0.15, 0.2) is 6.04 Å². The van der Waals surface area contributed by atoms with Crippen LogP contribution in [0.15, 0.2) is 0 Å². The summed E-state index contributed by atoms with van der Waals surface area (Å²) < 4.78 is 4.98. The van der Waals surface area contributed by atoms with Crippen molar-refractivity contribution in [1.82, 2.24) is 5.32 Å². The van der Waals surface area contributed by atoms with Crippen LogP contribution >= 0.6 is 11.6 Å². The molecule has 0 saturated carbocycles. The van der Waals surface area contributed by atoms with Crippen molar-refractivity contribution in [2.24, 2.45) is 0 Å². The molecule has 0 bridgehead atoms. The summed E-state index contributed by atoms with van der Waals surface area (Å²) in [5.74, 6) is -1.47. The molecular weight excluding hydrogens is 222 g/mol. The van der Waals surface area contributed by atoms with Gasteiger partial charge in [-0.05, 0) is 20.8 Å². The molecule has 0 saturated heterocycles. The van der Waals surface area contributed by atoms with E-state index in [-0.39, 0.29) is 5.88 Å². The molecule has 0 fully saturated rings. The van der Waals surface area contributed by atoms with E-state index in [1.165, 1.54) is 0 Å². The molecule has 0 aliphatic carbocycles. The molecule has 0 aliphatic heterocycles. The van der Waals surface area contributed by atoms with E-state index in [0.717, 1.165) is 0 Å². The highest BCUT2D eigenvalue weighted by Gasteiger charge is 2.25. The molecule has 88 valence electrons. The maximum Gasteiger partial charge on any atom is 0.331 e. The van der Waals surface area contributed by atoms with Crippen molar-refractivity contribution in [3.05, 3.63) is 0 Å². The summed E-state index contributed by atoms with van der Waals surface area (Å²) in [6, 6.07) is -1.06. The Morgan fingerprint density at radius 3 is 2.33 bits per heavy atom.